The average Bonchev–Trinajstić information content (AvgIpc) is 2.96. The van der Waals surface area contributed by atoms with Gasteiger partial charge in [0, 0.05) is 26.9 Å². The lowest BCUT2D eigenvalue weighted by atomic mass is 10.1. The number of pyridine rings is 1. The second-order valence-electron chi connectivity index (χ2n) is 8.95. The standard InChI is InChI=1S/C21H25N3O5S.C8H10.H2/c25-20(23-14-18-9-6-11-22-13-18)15-29-21(26)19-10-4-5-12-24(19)30(27,28)16-17-7-2-1-3-8-17;1-2-8-6-4-3-5-7-8;/h1-3,6-9,11,13,19H,4-5,10,12,14-16H2,(H,23,25);3-7H,2H2,1H3;1H/t19-;;/m0../s1. The molecule has 1 atom stereocenters. The highest BCUT2D eigenvalue weighted by atomic mass is 32.2. The smallest absolute Gasteiger partial charge is 0.324 e. The first-order valence-corrected chi connectivity index (χ1v) is 14.4. The van der Waals surface area contributed by atoms with Gasteiger partial charge >= 0.3 is 5.97 Å². The van der Waals surface area contributed by atoms with Crippen molar-refractivity contribution in [1.29, 1.82) is 0 Å². The fraction of sp³-hybridized carbons (Fsp3) is 0.345. The van der Waals surface area contributed by atoms with E-state index in [-0.39, 0.29) is 20.3 Å². The van der Waals surface area contributed by atoms with E-state index in [4.69, 9.17) is 4.74 Å². The number of nitrogens with one attached hydrogen (secondary N) is 1. The molecule has 0 radical (unpaired) electrons. The van der Waals surface area contributed by atoms with E-state index in [0.29, 0.717) is 18.4 Å². The number of hydrogen-bond donors (Lipinski definition) is 1. The van der Waals surface area contributed by atoms with Crippen molar-refractivity contribution in [1.82, 2.24) is 14.6 Å². The van der Waals surface area contributed by atoms with Gasteiger partial charge in [0.2, 0.25) is 10.0 Å². The van der Waals surface area contributed by atoms with Crippen LogP contribution in [0, 0.1) is 0 Å². The summed E-state index contributed by atoms with van der Waals surface area (Å²) in [4.78, 5) is 28.5. The summed E-state index contributed by atoms with van der Waals surface area (Å²) in [5.41, 5.74) is 2.89. The number of rotatable bonds is 9. The molecule has 2 aromatic carbocycles. The predicted molar refractivity (Wildman–Crippen MR) is 148 cm³/mol. The molecule has 1 aliphatic rings. The monoisotopic (exact) mass is 539 g/mol. The van der Waals surface area contributed by atoms with Crippen molar-refractivity contribution >= 4 is 21.9 Å². The number of aryl methyl sites for hydroxylation is 1. The van der Waals surface area contributed by atoms with Gasteiger partial charge in [0.1, 0.15) is 6.04 Å². The van der Waals surface area contributed by atoms with E-state index < -0.39 is 34.5 Å². The quantitative estimate of drug-likeness (QED) is 0.410. The zero-order valence-corrected chi connectivity index (χ0v) is 22.5. The largest absolute Gasteiger partial charge is 0.454 e. The Morgan fingerprint density at radius 2 is 1.63 bits per heavy atom. The number of ether oxygens (including phenoxy) is 1. The van der Waals surface area contributed by atoms with Gasteiger partial charge in [-0.25, -0.2) is 8.42 Å². The van der Waals surface area contributed by atoms with Gasteiger partial charge < -0.3 is 10.1 Å². The van der Waals surface area contributed by atoms with Crippen LogP contribution in [0.25, 0.3) is 0 Å². The van der Waals surface area contributed by atoms with E-state index in [1.807, 2.05) is 18.2 Å². The van der Waals surface area contributed by atoms with Crippen LogP contribution in [0.5, 0.6) is 0 Å². The van der Waals surface area contributed by atoms with Crippen LogP contribution in [-0.2, 0) is 43.1 Å². The van der Waals surface area contributed by atoms with Crippen molar-refractivity contribution in [3.05, 3.63) is 102 Å². The third-order valence-corrected chi connectivity index (χ3v) is 7.93. The van der Waals surface area contributed by atoms with Gasteiger partial charge in [0.05, 0.1) is 5.75 Å². The molecule has 2 heterocycles. The molecule has 8 nitrogen and oxygen atoms in total. The van der Waals surface area contributed by atoms with E-state index in [1.54, 1.807) is 42.7 Å². The molecule has 38 heavy (non-hydrogen) atoms. The zero-order chi connectivity index (χ0) is 27.2. The Morgan fingerprint density at radius 1 is 0.974 bits per heavy atom. The number of benzene rings is 2. The molecule has 0 spiro atoms. The van der Waals surface area contributed by atoms with Crippen LogP contribution in [0.1, 0.15) is 44.3 Å². The van der Waals surface area contributed by atoms with Crippen molar-refractivity contribution in [2.75, 3.05) is 13.2 Å². The second kappa shape index (κ2) is 15.0. The number of hydrogen-bond acceptors (Lipinski definition) is 6. The highest BCUT2D eigenvalue weighted by molar-refractivity contribution is 7.88. The minimum Gasteiger partial charge on any atom is -0.454 e. The SMILES string of the molecule is CCc1ccccc1.O=C(COC(=O)[C@@H]1CCCCN1S(=O)(=O)Cc1ccccc1)NCc1cccnc1.[HH]. The predicted octanol–water partition coefficient (Wildman–Crippen LogP) is 4.12. The van der Waals surface area contributed by atoms with Gasteiger partial charge in [-0.15, -0.1) is 0 Å². The molecule has 0 bridgehead atoms. The number of sulfonamides is 1. The third-order valence-electron chi connectivity index (χ3n) is 6.08. The summed E-state index contributed by atoms with van der Waals surface area (Å²) in [6.45, 7) is 2.24. The lowest BCUT2D eigenvalue weighted by molar-refractivity contribution is -0.153. The zero-order valence-electron chi connectivity index (χ0n) is 21.7. The Kier molecular flexibility index (Phi) is 11.4. The van der Waals surface area contributed by atoms with Crippen molar-refractivity contribution in [3.63, 3.8) is 0 Å². The number of carbonyl (C=O) groups excluding carboxylic acids is 2. The lowest BCUT2D eigenvalue weighted by Gasteiger charge is -2.33. The molecule has 1 amide bonds. The Hall–Kier alpha value is -3.56. The summed E-state index contributed by atoms with van der Waals surface area (Å²) in [6, 6.07) is 22.0. The third kappa shape index (κ3) is 9.39. The number of carbonyl (C=O) groups is 2. The highest BCUT2D eigenvalue weighted by Crippen LogP contribution is 2.24. The van der Waals surface area contributed by atoms with Crippen molar-refractivity contribution in [2.24, 2.45) is 0 Å². The fourth-order valence-electron chi connectivity index (χ4n) is 4.04. The minimum absolute atomic E-state index is 0. The molecule has 1 aliphatic heterocycles. The molecule has 0 aliphatic carbocycles. The minimum atomic E-state index is -3.69. The molecule has 1 aromatic heterocycles. The maximum Gasteiger partial charge on any atom is 0.324 e. The maximum atomic E-state index is 12.9. The fourth-order valence-corrected chi connectivity index (χ4v) is 5.81. The summed E-state index contributed by atoms with van der Waals surface area (Å²) in [5, 5.41) is 2.64. The normalized spacial score (nSPS) is 15.6. The summed E-state index contributed by atoms with van der Waals surface area (Å²) in [5.74, 6) is -1.33. The Morgan fingerprint density at radius 3 is 2.24 bits per heavy atom. The van der Waals surface area contributed by atoms with Crippen molar-refractivity contribution in [3.8, 4) is 0 Å². The molecule has 4 rings (SSSR count). The highest BCUT2D eigenvalue weighted by Gasteiger charge is 2.37. The average molecular weight is 540 g/mol. The summed E-state index contributed by atoms with van der Waals surface area (Å²) in [6.07, 6.45) is 6.19. The van der Waals surface area contributed by atoms with Gasteiger partial charge in [0.25, 0.3) is 5.91 Å². The molecule has 204 valence electrons. The van der Waals surface area contributed by atoms with Crippen LogP contribution in [0.15, 0.2) is 85.2 Å². The van der Waals surface area contributed by atoms with Crippen molar-refractivity contribution in [2.45, 2.75) is 50.9 Å². The number of nitrogens with zero attached hydrogens (tertiary/aromatic N) is 2. The van der Waals surface area contributed by atoms with Crippen LogP contribution in [0.3, 0.4) is 0 Å². The van der Waals surface area contributed by atoms with Crippen LogP contribution in [-0.4, -0.2) is 48.8 Å². The van der Waals surface area contributed by atoms with E-state index in [9.17, 15) is 18.0 Å². The Labute approximate surface area is 226 Å². The molecule has 0 saturated carbocycles. The van der Waals surface area contributed by atoms with E-state index in [2.05, 4.69) is 41.5 Å². The van der Waals surface area contributed by atoms with E-state index >= 15 is 0 Å². The maximum absolute atomic E-state index is 12.9. The lowest BCUT2D eigenvalue weighted by Crippen LogP contribution is -2.49. The van der Waals surface area contributed by atoms with Crippen LogP contribution in [0.4, 0.5) is 0 Å². The number of piperidine rings is 1. The van der Waals surface area contributed by atoms with Crippen LogP contribution >= 0.6 is 0 Å². The topological polar surface area (TPSA) is 106 Å². The Bertz CT molecular complexity index is 1250. The van der Waals surface area contributed by atoms with Gasteiger partial charge in [-0.3, -0.25) is 14.6 Å². The second-order valence-corrected chi connectivity index (χ2v) is 10.9. The molecular formula is C29H37N3O5S. The molecule has 1 saturated heterocycles. The number of amides is 1. The van der Waals surface area contributed by atoms with Gasteiger partial charge in [-0.2, -0.15) is 4.31 Å². The molecule has 0 unspecified atom stereocenters. The van der Waals surface area contributed by atoms with Gasteiger partial charge in [0.15, 0.2) is 6.61 Å². The molecule has 3 aromatic rings. The Balaban J connectivity index is 0.000000508. The van der Waals surface area contributed by atoms with E-state index in [0.717, 1.165) is 18.4 Å². The first-order chi connectivity index (χ1) is 18.4. The molecule has 1 N–H and O–H groups in total. The summed E-state index contributed by atoms with van der Waals surface area (Å²) >= 11 is 0. The van der Waals surface area contributed by atoms with Gasteiger partial charge in [-0.05, 0) is 48.4 Å². The summed E-state index contributed by atoms with van der Waals surface area (Å²) in [7, 11) is -3.69. The molecular weight excluding hydrogens is 502 g/mol. The van der Waals surface area contributed by atoms with Crippen molar-refractivity contribution < 1.29 is 24.2 Å². The number of aromatic nitrogens is 1. The summed E-state index contributed by atoms with van der Waals surface area (Å²) < 4.78 is 32.2. The van der Waals surface area contributed by atoms with Crippen LogP contribution in [0.2, 0.25) is 0 Å². The first-order valence-electron chi connectivity index (χ1n) is 12.8. The molecule has 9 heteroatoms. The number of esters is 1. The molecule has 1 fully saturated rings. The first kappa shape index (κ1) is 29.0. The van der Waals surface area contributed by atoms with Gasteiger partial charge in [-0.1, -0.05) is 73.7 Å². The van der Waals surface area contributed by atoms with E-state index in [1.165, 1.54) is 9.87 Å². The van der Waals surface area contributed by atoms with Crippen LogP contribution < -0.4 is 5.32 Å².